The van der Waals surface area contributed by atoms with Crippen LogP contribution >= 0.6 is 11.3 Å². The number of nitrogens with zero attached hydrogens (tertiary/aromatic N) is 2. The molecule has 2 N–H and O–H groups in total. The molecule has 0 saturated carbocycles. The van der Waals surface area contributed by atoms with Gasteiger partial charge in [0, 0.05) is 38.5 Å². The van der Waals surface area contributed by atoms with E-state index in [0.717, 1.165) is 45.3 Å². The Morgan fingerprint density at radius 1 is 1.38 bits per heavy atom. The maximum Gasteiger partial charge on any atom is 0.222 e. The van der Waals surface area contributed by atoms with E-state index in [2.05, 4.69) is 16.8 Å². The SMILES string of the molecule is NCCCN1C(=O)CC[C@H]2CN(C(=O)CCc3ccsc3)CC[C@H]21. The number of carbonyl (C=O) groups is 2. The second-order valence-corrected chi connectivity index (χ2v) is 7.64. The lowest BCUT2D eigenvalue weighted by atomic mass is 9.83. The zero-order valence-electron chi connectivity index (χ0n) is 14.2. The molecule has 0 bridgehead atoms. The average Bonchev–Trinajstić information content (AvgIpc) is 3.12. The molecule has 0 aromatic carbocycles. The number of likely N-dealkylation sites (tertiary alicyclic amines) is 2. The van der Waals surface area contributed by atoms with Crippen molar-refractivity contribution in [2.45, 2.75) is 44.6 Å². The predicted octanol–water partition coefficient (Wildman–Crippen LogP) is 1.87. The van der Waals surface area contributed by atoms with E-state index in [9.17, 15) is 9.59 Å². The molecule has 2 aliphatic heterocycles. The number of piperidine rings is 2. The topological polar surface area (TPSA) is 66.6 Å². The summed E-state index contributed by atoms with van der Waals surface area (Å²) in [5.74, 6) is 0.950. The molecule has 3 rings (SSSR count). The van der Waals surface area contributed by atoms with Gasteiger partial charge in [-0.25, -0.2) is 0 Å². The van der Waals surface area contributed by atoms with E-state index in [0.29, 0.717) is 31.3 Å². The second-order valence-electron chi connectivity index (χ2n) is 6.86. The number of nitrogens with two attached hydrogens (primary N) is 1. The van der Waals surface area contributed by atoms with Gasteiger partial charge in [0.15, 0.2) is 0 Å². The Morgan fingerprint density at radius 3 is 3.00 bits per heavy atom. The van der Waals surface area contributed by atoms with Crippen molar-refractivity contribution in [1.29, 1.82) is 0 Å². The summed E-state index contributed by atoms with van der Waals surface area (Å²) in [7, 11) is 0. The Bertz CT molecular complexity index is 561. The number of rotatable bonds is 6. The summed E-state index contributed by atoms with van der Waals surface area (Å²) in [5.41, 5.74) is 6.85. The van der Waals surface area contributed by atoms with Crippen LogP contribution in [0.5, 0.6) is 0 Å². The van der Waals surface area contributed by atoms with Crippen LogP contribution in [0.25, 0.3) is 0 Å². The number of thiophene rings is 1. The smallest absolute Gasteiger partial charge is 0.222 e. The van der Waals surface area contributed by atoms with Crippen molar-refractivity contribution in [2.24, 2.45) is 11.7 Å². The highest BCUT2D eigenvalue weighted by atomic mass is 32.1. The normalized spacial score (nSPS) is 24.1. The molecule has 2 fully saturated rings. The van der Waals surface area contributed by atoms with Gasteiger partial charge < -0.3 is 15.5 Å². The number of aryl methyl sites for hydroxylation is 1. The zero-order valence-corrected chi connectivity index (χ0v) is 15.0. The highest BCUT2D eigenvalue weighted by Crippen LogP contribution is 2.31. The molecule has 0 radical (unpaired) electrons. The first-order chi connectivity index (χ1) is 11.7. The van der Waals surface area contributed by atoms with Crippen LogP contribution < -0.4 is 5.73 Å². The highest BCUT2D eigenvalue weighted by Gasteiger charge is 2.39. The molecule has 0 unspecified atom stereocenters. The summed E-state index contributed by atoms with van der Waals surface area (Å²) in [6.45, 7) is 2.96. The van der Waals surface area contributed by atoms with Crippen molar-refractivity contribution >= 4 is 23.2 Å². The van der Waals surface area contributed by atoms with Crippen LogP contribution in [0.2, 0.25) is 0 Å². The lowest BCUT2D eigenvalue weighted by Gasteiger charge is -2.47. The minimum absolute atomic E-state index is 0.255. The van der Waals surface area contributed by atoms with Crippen molar-refractivity contribution in [1.82, 2.24) is 9.80 Å². The number of hydrogen-bond acceptors (Lipinski definition) is 4. The Morgan fingerprint density at radius 2 is 2.25 bits per heavy atom. The van der Waals surface area contributed by atoms with Crippen LogP contribution in [0.3, 0.4) is 0 Å². The van der Waals surface area contributed by atoms with Gasteiger partial charge in [-0.05, 0) is 60.5 Å². The quantitative estimate of drug-likeness (QED) is 0.852. The Kier molecular flexibility index (Phi) is 5.89. The van der Waals surface area contributed by atoms with Crippen LogP contribution in [-0.4, -0.2) is 53.8 Å². The van der Waals surface area contributed by atoms with E-state index in [1.165, 1.54) is 5.56 Å². The summed E-state index contributed by atoms with van der Waals surface area (Å²) in [5, 5.41) is 4.17. The molecule has 5 nitrogen and oxygen atoms in total. The highest BCUT2D eigenvalue weighted by molar-refractivity contribution is 7.07. The largest absolute Gasteiger partial charge is 0.342 e. The van der Waals surface area contributed by atoms with Crippen LogP contribution in [-0.2, 0) is 16.0 Å². The monoisotopic (exact) mass is 349 g/mol. The fourth-order valence-electron chi connectivity index (χ4n) is 3.97. The fraction of sp³-hybridized carbons (Fsp3) is 0.667. The number of fused-ring (bicyclic) bond motifs is 1. The lowest BCUT2D eigenvalue weighted by molar-refractivity contribution is -0.144. The van der Waals surface area contributed by atoms with Gasteiger partial charge in [-0.15, -0.1) is 0 Å². The number of amides is 2. The van der Waals surface area contributed by atoms with E-state index >= 15 is 0 Å². The van der Waals surface area contributed by atoms with Crippen molar-refractivity contribution in [3.05, 3.63) is 22.4 Å². The predicted molar refractivity (Wildman–Crippen MR) is 95.7 cm³/mol. The molecule has 6 heteroatoms. The molecule has 24 heavy (non-hydrogen) atoms. The maximum absolute atomic E-state index is 12.5. The second kappa shape index (κ2) is 8.12. The minimum Gasteiger partial charge on any atom is -0.342 e. The minimum atomic E-state index is 0.255. The molecule has 1 aromatic rings. The first-order valence-electron chi connectivity index (χ1n) is 8.97. The molecule has 2 atom stereocenters. The van der Waals surface area contributed by atoms with Crippen molar-refractivity contribution in [3.63, 3.8) is 0 Å². The van der Waals surface area contributed by atoms with Gasteiger partial charge in [-0.2, -0.15) is 11.3 Å². The van der Waals surface area contributed by atoms with E-state index in [1.807, 2.05) is 9.80 Å². The first-order valence-corrected chi connectivity index (χ1v) is 9.91. The molecule has 132 valence electrons. The summed E-state index contributed by atoms with van der Waals surface area (Å²) in [6.07, 6.45) is 4.71. The van der Waals surface area contributed by atoms with E-state index in [-0.39, 0.29) is 11.8 Å². The molecule has 2 saturated heterocycles. The lowest BCUT2D eigenvalue weighted by Crippen LogP contribution is -2.57. The van der Waals surface area contributed by atoms with Crippen LogP contribution in [0.15, 0.2) is 16.8 Å². The number of carbonyl (C=O) groups excluding carboxylic acids is 2. The summed E-state index contributed by atoms with van der Waals surface area (Å²) < 4.78 is 0. The van der Waals surface area contributed by atoms with Gasteiger partial charge in [0.05, 0.1) is 0 Å². The van der Waals surface area contributed by atoms with Crippen LogP contribution in [0.4, 0.5) is 0 Å². The first kappa shape index (κ1) is 17.4. The number of hydrogen-bond donors (Lipinski definition) is 1. The molecule has 1 aromatic heterocycles. The van der Waals surface area contributed by atoms with Crippen molar-refractivity contribution < 1.29 is 9.59 Å². The van der Waals surface area contributed by atoms with Gasteiger partial charge in [-0.3, -0.25) is 9.59 Å². The summed E-state index contributed by atoms with van der Waals surface area (Å²) in [4.78, 5) is 28.8. The van der Waals surface area contributed by atoms with E-state index in [1.54, 1.807) is 11.3 Å². The Labute approximate surface area is 147 Å². The van der Waals surface area contributed by atoms with Gasteiger partial charge in [-0.1, -0.05) is 0 Å². The zero-order chi connectivity index (χ0) is 16.9. The molecule has 0 spiro atoms. The Hall–Kier alpha value is -1.40. The molecule has 3 heterocycles. The third-order valence-corrected chi connectivity index (χ3v) is 6.04. The fourth-order valence-corrected chi connectivity index (χ4v) is 4.68. The summed E-state index contributed by atoms with van der Waals surface area (Å²) >= 11 is 1.68. The van der Waals surface area contributed by atoms with Gasteiger partial charge in [0.25, 0.3) is 0 Å². The van der Waals surface area contributed by atoms with Crippen LogP contribution in [0, 0.1) is 5.92 Å². The van der Waals surface area contributed by atoms with Crippen LogP contribution in [0.1, 0.15) is 37.7 Å². The van der Waals surface area contributed by atoms with Gasteiger partial charge in [0.1, 0.15) is 0 Å². The van der Waals surface area contributed by atoms with Gasteiger partial charge in [0.2, 0.25) is 11.8 Å². The third-order valence-electron chi connectivity index (χ3n) is 5.31. The van der Waals surface area contributed by atoms with E-state index in [4.69, 9.17) is 5.73 Å². The van der Waals surface area contributed by atoms with E-state index < -0.39 is 0 Å². The van der Waals surface area contributed by atoms with Gasteiger partial charge >= 0.3 is 0 Å². The Balaban J connectivity index is 1.54. The molecular weight excluding hydrogens is 322 g/mol. The molecule has 2 aliphatic rings. The maximum atomic E-state index is 12.5. The summed E-state index contributed by atoms with van der Waals surface area (Å²) in [6, 6.07) is 2.39. The third kappa shape index (κ3) is 3.98. The van der Waals surface area contributed by atoms with Crippen molar-refractivity contribution in [2.75, 3.05) is 26.2 Å². The van der Waals surface area contributed by atoms with Crippen molar-refractivity contribution in [3.8, 4) is 0 Å². The average molecular weight is 350 g/mol. The molecule has 2 amide bonds. The molecular formula is C18H27N3O2S. The standard InChI is InChI=1S/C18H27N3O2S/c19-8-1-9-21-16-6-10-20(12-15(16)3-5-18(21)23)17(22)4-2-14-7-11-24-13-14/h7,11,13,15-16H,1-6,8-10,12,19H2/t15-,16+/m0/s1. The molecule has 0 aliphatic carbocycles.